The molecule has 0 atom stereocenters. The maximum atomic E-state index is 12.7. The maximum Gasteiger partial charge on any atom is 0.264 e. The van der Waals surface area contributed by atoms with Crippen LogP contribution in [-0.4, -0.2) is 24.0 Å². The van der Waals surface area contributed by atoms with Crippen molar-refractivity contribution in [2.24, 2.45) is 0 Å². The first-order valence-corrected chi connectivity index (χ1v) is 11.3. The number of hydrogen-bond donors (Lipinski definition) is 2. The first-order chi connectivity index (χ1) is 15.8. The van der Waals surface area contributed by atoms with Gasteiger partial charge in [0.05, 0.1) is 10.6 Å². The molecule has 0 aliphatic heterocycles. The topological polar surface area (TPSA) is 130 Å². The van der Waals surface area contributed by atoms with Gasteiger partial charge in [0.25, 0.3) is 10.0 Å². The van der Waals surface area contributed by atoms with Crippen molar-refractivity contribution in [2.45, 2.75) is 18.7 Å². The smallest absolute Gasteiger partial charge is 0.264 e. The van der Waals surface area contributed by atoms with E-state index in [1.54, 1.807) is 29.8 Å². The van der Waals surface area contributed by atoms with Gasteiger partial charge in [-0.1, -0.05) is 35.5 Å². The number of carbonyl (C=O) groups excluding carboxylic acids is 1. The van der Waals surface area contributed by atoms with E-state index in [2.05, 4.69) is 21.3 Å². The van der Waals surface area contributed by atoms with Crippen LogP contribution in [0.2, 0.25) is 0 Å². The van der Waals surface area contributed by atoms with E-state index in [0.717, 1.165) is 5.56 Å². The van der Waals surface area contributed by atoms with Crippen LogP contribution in [0.25, 0.3) is 16.8 Å². The monoisotopic (exact) mass is 461 g/mol. The fourth-order valence-electron chi connectivity index (χ4n) is 3.34. The van der Waals surface area contributed by atoms with Crippen LogP contribution in [0.15, 0.2) is 76.3 Å². The summed E-state index contributed by atoms with van der Waals surface area (Å²) in [6.45, 7) is 3.03. The van der Waals surface area contributed by atoms with Gasteiger partial charge in [0, 0.05) is 30.4 Å². The van der Waals surface area contributed by atoms with Gasteiger partial charge in [-0.2, -0.15) is 5.26 Å². The maximum absolute atomic E-state index is 12.7. The van der Waals surface area contributed by atoms with Gasteiger partial charge in [-0.25, -0.2) is 13.1 Å². The SMILES string of the molecule is CC(=O)Nc1c(C#N)c(-c2ccccc2)cn1-c1ccc(S(=O)(=O)Nc2cc(C)no2)cc1. The van der Waals surface area contributed by atoms with E-state index in [0.29, 0.717) is 28.3 Å². The van der Waals surface area contributed by atoms with Gasteiger partial charge in [-0.15, -0.1) is 0 Å². The summed E-state index contributed by atoms with van der Waals surface area (Å²) >= 11 is 0. The highest BCUT2D eigenvalue weighted by Gasteiger charge is 2.21. The summed E-state index contributed by atoms with van der Waals surface area (Å²) in [6, 6.07) is 19.0. The summed E-state index contributed by atoms with van der Waals surface area (Å²) in [4.78, 5) is 11.8. The predicted molar refractivity (Wildman–Crippen MR) is 122 cm³/mol. The molecule has 0 bridgehead atoms. The van der Waals surface area contributed by atoms with Crippen molar-refractivity contribution in [3.05, 3.63) is 78.1 Å². The third-order valence-corrected chi connectivity index (χ3v) is 6.15. The molecule has 2 N–H and O–H groups in total. The van der Waals surface area contributed by atoms with E-state index in [1.165, 1.54) is 25.1 Å². The molecule has 0 aliphatic carbocycles. The lowest BCUT2D eigenvalue weighted by molar-refractivity contribution is -0.114. The summed E-state index contributed by atoms with van der Waals surface area (Å²) in [6.07, 6.45) is 1.73. The van der Waals surface area contributed by atoms with Crippen molar-refractivity contribution in [2.75, 3.05) is 10.0 Å². The molecule has 0 spiro atoms. The lowest BCUT2D eigenvalue weighted by Crippen LogP contribution is -2.13. The van der Waals surface area contributed by atoms with Crippen molar-refractivity contribution in [3.8, 4) is 22.9 Å². The number of sulfonamides is 1. The molecular weight excluding hydrogens is 442 g/mol. The molecule has 10 heteroatoms. The molecule has 0 aliphatic rings. The molecule has 166 valence electrons. The first-order valence-electron chi connectivity index (χ1n) is 9.83. The fourth-order valence-corrected chi connectivity index (χ4v) is 4.31. The zero-order valence-electron chi connectivity index (χ0n) is 17.7. The Bertz CT molecular complexity index is 1460. The summed E-state index contributed by atoms with van der Waals surface area (Å²) in [5.41, 5.74) is 2.86. The van der Waals surface area contributed by atoms with Crippen molar-refractivity contribution in [3.63, 3.8) is 0 Å². The molecule has 0 saturated carbocycles. The Morgan fingerprint density at radius 1 is 1.12 bits per heavy atom. The molecule has 1 amide bonds. The van der Waals surface area contributed by atoms with Gasteiger partial charge in [0.15, 0.2) is 0 Å². The van der Waals surface area contributed by atoms with Crippen LogP contribution in [0, 0.1) is 18.3 Å². The number of nitrogens with zero attached hydrogens (tertiary/aromatic N) is 3. The second-order valence-corrected chi connectivity index (χ2v) is 8.91. The highest BCUT2D eigenvalue weighted by Crippen LogP contribution is 2.33. The Morgan fingerprint density at radius 2 is 1.82 bits per heavy atom. The number of aromatic nitrogens is 2. The Hall–Kier alpha value is -4.36. The highest BCUT2D eigenvalue weighted by molar-refractivity contribution is 7.92. The number of aryl methyl sites for hydroxylation is 1. The van der Waals surface area contributed by atoms with Crippen LogP contribution in [0.1, 0.15) is 18.2 Å². The molecule has 4 aromatic rings. The summed E-state index contributed by atoms with van der Waals surface area (Å²) in [5, 5.41) is 16.2. The molecule has 2 aromatic heterocycles. The minimum Gasteiger partial charge on any atom is -0.338 e. The number of nitriles is 1. The second-order valence-electron chi connectivity index (χ2n) is 7.23. The average Bonchev–Trinajstić information content (AvgIpc) is 3.36. The normalized spacial score (nSPS) is 11.1. The summed E-state index contributed by atoms with van der Waals surface area (Å²) in [7, 11) is -3.89. The molecule has 0 radical (unpaired) electrons. The molecule has 9 nitrogen and oxygen atoms in total. The molecule has 33 heavy (non-hydrogen) atoms. The quantitative estimate of drug-likeness (QED) is 0.445. The van der Waals surface area contributed by atoms with Crippen LogP contribution in [0.3, 0.4) is 0 Å². The fraction of sp³-hybridized carbons (Fsp3) is 0.0870. The van der Waals surface area contributed by atoms with Gasteiger partial charge in [-0.05, 0) is 36.8 Å². The first kappa shape index (κ1) is 21.9. The third kappa shape index (κ3) is 4.49. The minimum absolute atomic E-state index is 0.0114. The Balaban J connectivity index is 1.75. The van der Waals surface area contributed by atoms with Crippen LogP contribution >= 0.6 is 0 Å². The number of nitrogens with one attached hydrogen (secondary N) is 2. The van der Waals surface area contributed by atoms with Gasteiger partial charge in [0.1, 0.15) is 17.5 Å². The molecule has 0 fully saturated rings. The number of rotatable bonds is 6. The average molecular weight is 462 g/mol. The molecular formula is C23H19N5O4S. The molecule has 2 aromatic carbocycles. The lowest BCUT2D eigenvalue weighted by atomic mass is 10.1. The van der Waals surface area contributed by atoms with E-state index in [9.17, 15) is 18.5 Å². The van der Waals surface area contributed by atoms with E-state index in [-0.39, 0.29) is 16.7 Å². The predicted octanol–water partition coefficient (Wildman–Crippen LogP) is 4.07. The van der Waals surface area contributed by atoms with E-state index >= 15 is 0 Å². The Morgan fingerprint density at radius 3 is 2.39 bits per heavy atom. The van der Waals surface area contributed by atoms with Crippen LogP contribution < -0.4 is 10.0 Å². The summed E-state index contributed by atoms with van der Waals surface area (Å²) < 4.78 is 34.2. The zero-order valence-corrected chi connectivity index (χ0v) is 18.6. The number of amides is 1. The number of hydrogen-bond acceptors (Lipinski definition) is 6. The van der Waals surface area contributed by atoms with Crippen molar-refractivity contribution >= 4 is 27.6 Å². The number of benzene rings is 2. The van der Waals surface area contributed by atoms with E-state index in [4.69, 9.17) is 4.52 Å². The molecule has 4 rings (SSSR count). The van der Waals surface area contributed by atoms with Crippen LogP contribution in [0.4, 0.5) is 11.7 Å². The largest absolute Gasteiger partial charge is 0.338 e. The highest BCUT2D eigenvalue weighted by atomic mass is 32.2. The van der Waals surface area contributed by atoms with Gasteiger partial charge >= 0.3 is 0 Å². The van der Waals surface area contributed by atoms with Crippen molar-refractivity contribution in [1.82, 2.24) is 9.72 Å². The zero-order chi connectivity index (χ0) is 23.6. The number of anilines is 2. The van der Waals surface area contributed by atoms with Crippen LogP contribution in [0.5, 0.6) is 0 Å². The summed E-state index contributed by atoms with van der Waals surface area (Å²) in [5.74, 6) is -0.0213. The van der Waals surface area contributed by atoms with Crippen molar-refractivity contribution < 1.29 is 17.7 Å². The third-order valence-electron chi connectivity index (χ3n) is 4.78. The standard InChI is InChI=1S/C23H19N5O4S/c1-15-12-22(32-26-15)27-33(30,31)19-10-8-18(9-11-19)28-14-21(17-6-4-3-5-7-17)20(13-24)23(28)25-16(2)29/h3-12,14,27H,1-2H3,(H,25,29). The molecule has 0 unspecified atom stereocenters. The van der Waals surface area contributed by atoms with Crippen molar-refractivity contribution in [1.29, 1.82) is 5.26 Å². The second kappa shape index (κ2) is 8.64. The number of carbonyl (C=O) groups is 1. The molecule has 0 saturated heterocycles. The minimum atomic E-state index is -3.89. The lowest BCUT2D eigenvalue weighted by Gasteiger charge is -2.11. The Kier molecular flexibility index (Phi) is 5.72. The van der Waals surface area contributed by atoms with Gasteiger partial charge in [-0.3, -0.25) is 4.79 Å². The van der Waals surface area contributed by atoms with Crippen LogP contribution in [-0.2, 0) is 14.8 Å². The Labute approximate surface area is 190 Å². The van der Waals surface area contributed by atoms with Gasteiger partial charge < -0.3 is 14.4 Å². The van der Waals surface area contributed by atoms with E-state index < -0.39 is 10.0 Å². The molecule has 2 heterocycles. The van der Waals surface area contributed by atoms with E-state index in [1.807, 2.05) is 30.3 Å². The van der Waals surface area contributed by atoms with Gasteiger partial charge in [0.2, 0.25) is 11.8 Å².